The maximum absolute atomic E-state index is 13.3. The van der Waals surface area contributed by atoms with E-state index >= 15 is 0 Å². The summed E-state index contributed by atoms with van der Waals surface area (Å²) in [6, 6.07) is 2.10. The van der Waals surface area contributed by atoms with Crippen molar-refractivity contribution in [2.24, 2.45) is 0 Å². The number of carbonyl (C=O) groups is 1. The first kappa shape index (κ1) is 16.1. The van der Waals surface area contributed by atoms with Crippen LogP contribution in [0.5, 0.6) is 5.75 Å². The van der Waals surface area contributed by atoms with Crippen LogP contribution in [0.15, 0.2) is 16.6 Å². The first-order valence-corrected chi connectivity index (χ1v) is 7.20. The highest BCUT2D eigenvalue weighted by Gasteiger charge is 2.48. The average molecular weight is 367 g/mol. The number of hydrogen-bond acceptors (Lipinski definition) is 2. The predicted octanol–water partition coefficient (Wildman–Crippen LogP) is 4.37. The molecule has 1 aromatic carbocycles. The van der Waals surface area contributed by atoms with Gasteiger partial charge in [-0.1, -0.05) is 12.8 Å². The van der Waals surface area contributed by atoms with Gasteiger partial charge in [-0.05, 0) is 46.5 Å². The van der Waals surface area contributed by atoms with Crippen molar-refractivity contribution in [2.75, 3.05) is 7.11 Å². The monoisotopic (exact) mass is 366 g/mol. The number of hydrogen-bond donors (Lipinski definition) is 1. The van der Waals surface area contributed by atoms with Crippen molar-refractivity contribution in [3.05, 3.63) is 27.7 Å². The lowest BCUT2D eigenvalue weighted by Gasteiger charge is -2.28. The fourth-order valence-electron chi connectivity index (χ4n) is 2.92. The van der Waals surface area contributed by atoms with Gasteiger partial charge < -0.3 is 9.84 Å². The average Bonchev–Trinajstić information content (AvgIpc) is 2.87. The van der Waals surface area contributed by atoms with Gasteiger partial charge in [-0.15, -0.1) is 0 Å². The number of carboxylic acid groups (broad SMARTS) is 1. The summed E-state index contributed by atoms with van der Waals surface area (Å²) in [5, 5.41) is 9.51. The summed E-state index contributed by atoms with van der Waals surface area (Å²) >= 11 is 3.14. The highest BCUT2D eigenvalue weighted by Crippen LogP contribution is 2.48. The zero-order valence-electron chi connectivity index (χ0n) is 11.3. The van der Waals surface area contributed by atoms with Gasteiger partial charge in [0.1, 0.15) is 5.75 Å². The lowest BCUT2D eigenvalue weighted by Crippen LogP contribution is -2.35. The molecule has 0 bridgehead atoms. The summed E-state index contributed by atoms with van der Waals surface area (Å²) in [5.41, 5.74) is -2.60. The summed E-state index contributed by atoms with van der Waals surface area (Å²) in [4.78, 5) is 11.7. The van der Waals surface area contributed by atoms with E-state index in [9.17, 15) is 23.1 Å². The predicted molar refractivity (Wildman–Crippen MR) is 73.5 cm³/mol. The molecule has 1 saturated carbocycles. The molecule has 1 aliphatic rings. The number of halogens is 4. The van der Waals surface area contributed by atoms with Crippen LogP contribution in [0.1, 0.15) is 36.8 Å². The molecule has 0 spiro atoms. The van der Waals surface area contributed by atoms with Crippen LogP contribution < -0.4 is 4.74 Å². The molecule has 3 nitrogen and oxygen atoms in total. The Kier molecular flexibility index (Phi) is 4.24. The maximum Gasteiger partial charge on any atom is 0.416 e. The number of carboxylic acids is 1. The van der Waals surface area contributed by atoms with Crippen LogP contribution in [0.4, 0.5) is 13.2 Å². The summed E-state index contributed by atoms with van der Waals surface area (Å²) in [6.07, 6.45) is -3.00. The van der Waals surface area contributed by atoms with E-state index in [4.69, 9.17) is 4.74 Å². The molecule has 0 heterocycles. The van der Waals surface area contributed by atoms with Crippen LogP contribution in [-0.2, 0) is 16.4 Å². The van der Waals surface area contributed by atoms with Crippen molar-refractivity contribution in [2.45, 2.75) is 37.3 Å². The van der Waals surface area contributed by atoms with Crippen molar-refractivity contribution in [1.82, 2.24) is 0 Å². The molecule has 0 radical (unpaired) electrons. The lowest BCUT2D eigenvalue weighted by atomic mass is 9.76. The lowest BCUT2D eigenvalue weighted by molar-refractivity contribution is -0.146. The van der Waals surface area contributed by atoms with Gasteiger partial charge in [0.15, 0.2) is 0 Å². The highest BCUT2D eigenvalue weighted by molar-refractivity contribution is 9.10. The van der Waals surface area contributed by atoms with E-state index in [1.54, 1.807) is 0 Å². The van der Waals surface area contributed by atoms with Crippen molar-refractivity contribution in [1.29, 1.82) is 0 Å². The van der Waals surface area contributed by atoms with Gasteiger partial charge in [0, 0.05) is 0 Å². The summed E-state index contributed by atoms with van der Waals surface area (Å²) in [5.74, 6) is -1.17. The molecule has 0 amide bonds. The van der Waals surface area contributed by atoms with Crippen LogP contribution in [0.2, 0.25) is 0 Å². The van der Waals surface area contributed by atoms with Gasteiger partial charge in [0.2, 0.25) is 0 Å². The van der Waals surface area contributed by atoms with E-state index in [0.29, 0.717) is 17.3 Å². The van der Waals surface area contributed by atoms with E-state index in [2.05, 4.69) is 15.9 Å². The fraction of sp³-hybridized carbons (Fsp3) is 0.500. The Morgan fingerprint density at radius 1 is 1.33 bits per heavy atom. The molecule has 1 fully saturated rings. The smallest absolute Gasteiger partial charge is 0.416 e. The van der Waals surface area contributed by atoms with Crippen LogP contribution >= 0.6 is 15.9 Å². The van der Waals surface area contributed by atoms with Gasteiger partial charge in [0.25, 0.3) is 0 Å². The van der Waals surface area contributed by atoms with Gasteiger partial charge in [-0.2, -0.15) is 13.2 Å². The van der Waals surface area contributed by atoms with Gasteiger partial charge >= 0.3 is 12.1 Å². The SMILES string of the molecule is COc1cc(C(F)(F)F)c(C2(C(=O)O)CCCC2)cc1Br. The molecule has 2 rings (SSSR count). The van der Waals surface area contributed by atoms with E-state index < -0.39 is 23.1 Å². The Labute approximate surface area is 128 Å². The minimum Gasteiger partial charge on any atom is -0.496 e. The van der Waals surface area contributed by atoms with E-state index in [-0.39, 0.29) is 24.2 Å². The topological polar surface area (TPSA) is 46.5 Å². The molecule has 21 heavy (non-hydrogen) atoms. The largest absolute Gasteiger partial charge is 0.496 e. The van der Waals surface area contributed by atoms with Crippen LogP contribution in [-0.4, -0.2) is 18.2 Å². The molecule has 0 aliphatic heterocycles. The van der Waals surface area contributed by atoms with Gasteiger partial charge in [-0.3, -0.25) is 4.79 Å². The quantitative estimate of drug-likeness (QED) is 0.863. The molecule has 0 atom stereocenters. The molecule has 0 unspecified atom stereocenters. The standard InChI is InChI=1S/C14H14BrF3O3/c1-21-11-7-9(14(16,17)18)8(6-10(11)15)13(12(19)20)4-2-3-5-13/h6-7H,2-5H2,1H3,(H,19,20). The second-order valence-corrected chi connectivity index (χ2v) is 5.98. The number of benzene rings is 1. The molecule has 116 valence electrons. The molecule has 0 saturated heterocycles. The van der Waals surface area contributed by atoms with E-state index in [1.807, 2.05) is 0 Å². The van der Waals surface area contributed by atoms with Crippen LogP contribution in [0, 0.1) is 0 Å². The van der Waals surface area contributed by atoms with Crippen LogP contribution in [0.25, 0.3) is 0 Å². The van der Waals surface area contributed by atoms with Crippen molar-refractivity contribution < 1.29 is 27.8 Å². The third-order valence-corrected chi connectivity index (χ3v) is 4.60. The summed E-state index contributed by atoms with van der Waals surface area (Å²) in [6.45, 7) is 0. The first-order chi connectivity index (χ1) is 9.72. The molecule has 1 aliphatic carbocycles. The summed E-state index contributed by atoms with van der Waals surface area (Å²) in [7, 11) is 1.27. The molecular weight excluding hydrogens is 353 g/mol. The van der Waals surface area contributed by atoms with Crippen molar-refractivity contribution in [3.63, 3.8) is 0 Å². The minimum absolute atomic E-state index is 0.0320. The Balaban J connectivity index is 2.72. The molecule has 7 heteroatoms. The molecule has 1 N–H and O–H groups in total. The number of aliphatic carboxylic acids is 1. The number of ether oxygens (including phenoxy) is 1. The van der Waals surface area contributed by atoms with Gasteiger partial charge in [0.05, 0.1) is 22.6 Å². The number of alkyl halides is 3. The van der Waals surface area contributed by atoms with Crippen LogP contribution in [0.3, 0.4) is 0 Å². The van der Waals surface area contributed by atoms with Gasteiger partial charge in [-0.25, -0.2) is 0 Å². The second kappa shape index (κ2) is 5.51. The minimum atomic E-state index is -4.63. The van der Waals surface area contributed by atoms with E-state index in [0.717, 1.165) is 6.07 Å². The number of rotatable bonds is 3. The Bertz CT molecular complexity index is 563. The Morgan fingerprint density at radius 3 is 2.33 bits per heavy atom. The van der Waals surface area contributed by atoms with E-state index in [1.165, 1.54) is 13.2 Å². The Hall–Kier alpha value is -1.24. The normalized spacial score (nSPS) is 17.8. The number of methoxy groups -OCH3 is 1. The first-order valence-electron chi connectivity index (χ1n) is 6.41. The zero-order chi connectivity index (χ0) is 15.8. The third-order valence-electron chi connectivity index (χ3n) is 3.98. The Morgan fingerprint density at radius 2 is 1.90 bits per heavy atom. The van der Waals surface area contributed by atoms with Crippen molar-refractivity contribution in [3.8, 4) is 5.75 Å². The van der Waals surface area contributed by atoms with Crippen molar-refractivity contribution >= 4 is 21.9 Å². The summed E-state index contributed by atoms with van der Waals surface area (Å²) < 4.78 is 45.2. The zero-order valence-corrected chi connectivity index (χ0v) is 12.8. The second-order valence-electron chi connectivity index (χ2n) is 5.12. The fourth-order valence-corrected chi connectivity index (χ4v) is 3.42. The molecule has 1 aromatic rings. The third kappa shape index (κ3) is 2.75. The molecule has 0 aromatic heterocycles. The molecular formula is C14H14BrF3O3. The highest BCUT2D eigenvalue weighted by atomic mass is 79.9. The maximum atomic E-state index is 13.3.